The van der Waals surface area contributed by atoms with Crippen molar-refractivity contribution in [3.05, 3.63) is 56.8 Å². The van der Waals surface area contributed by atoms with Gasteiger partial charge in [0.1, 0.15) is 0 Å². The van der Waals surface area contributed by atoms with Gasteiger partial charge in [0.15, 0.2) is 0 Å². The van der Waals surface area contributed by atoms with Crippen molar-refractivity contribution >= 4 is 11.3 Å². The molecule has 0 saturated carbocycles. The van der Waals surface area contributed by atoms with Crippen LogP contribution in [-0.4, -0.2) is 0 Å². The van der Waals surface area contributed by atoms with Gasteiger partial charge in [-0.05, 0) is 55.9 Å². The van der Waals surface area contributed by atoms with E-state index in [0.717, 1.165) is 18.9 Å². The van der Waals surface area contributed by atoms with Gasteiger partial charge in [-0.3, -0.25) is 0 Å². The quantitative estimate of drug-likeness (QED) is 0.751. The second-order valence-electron chi connectivity index (χ2n) is 6.39. The molecule has 0 bridgehead atoms. The highest BCUT2D eigenvalue weighted by molar-refractivity contribution is 7.12. The minimum Gasteiger partial charge on any atom is -0.306 e. The molecule has 0 fully saturated rings. The fourth-order valence-corrected chi connectivity index (χ4v) is 3.75. The van der Waals surface area contributed by atoms with Crippen LogP contribution in [0.15, 0.2) is 30.3 Å². The maximum Gasteiger partial charge on any atom is 0.0305 e. The Morgan fingerprint density at radius 3 is 2.14 bits per heavy atom. The average molecular weight is 301 g/mol. The van der Waals surface area contributed by atoms with Gasteiger partial charge in [0.2, 0.25) is 0 Å². The van der Waals surface area contributed by atoms with E-state index >= 15 is 0 Å². The highest BCUT2D eigenvalue weighted by atomic mass is 32.1. The molecule has 1 unspecified atom stereocenters. The SMILES string of the molecule is Cc1cc(C(C)NCc2ccc(CC(C)C)cc2)c(C)s1. The van der Waals surface area contributed by atoms with Crippen LogP contribution in [0.1, 0.15) is 53.3 Å². The molecule has 1 aromatic carbocycles. The number of hydrogen-bond donors (Lipinski definition) is 1. The second kappa shape index (κ2) is 7.24. The molecule has 0 spiro atoms. The van der Waals surface area contributed by atoms with Crippen LogP contribution in [0, 0.1) is 19.8 Å². The summed E-state index contributed by atoms with van der Waals surface area (Å²) in [5.41, 5.74) is 4.24. The first-order valence-electron chi connectivity index (χ1n) is 7.84. The second-order valence-corrected chi connectivity index (χ2v) is 7.85. The molecule has 2 heteroatoms. The predicted octanol–water partition coefficient (Wildman–Crippen LogP) is 5.41. The van der Waals surface area contributed by atoms with E-state index in [2.05, 4.69) is 70.3 Å². The van der Waals surface area contributed by atoms with Crippen molar-refractivity contribution in [2.75, 3.05) is 0 Å². The standard InChI is InChI=1S/C19H27NS/c1-13(2)10-17-6-8-18(9-7-17)12-20-15(4)19-11-14(3)21-16(19)5/h6-9,11,13,15,20H,10,12H2,1-5H3. The van der Waals surface area contributed by atoms with Crippen LogP contribution in [0.3, 0.4) is 0 Å². The summed E-state index contributed by atoms with van der Waals surface area (Å²) in [5, 5.41) is 3.64. The Balaban J connectivity index is 1.92. The molecule has 1 nitrogen and oxygen atoms in total. The van der Waals surface area contributed by atoms with Crippen LogP contribution in [0.5, 0.6) is 0 Å². The molecule has 0 aliphatic rings. The molecule has 2 rings (SSSR count). The molecule has 1 N–H and O–H groups in total. The van der Waals surface area contributed by atoms with Gasteiger partial charge in [-0.25, -0.2) is 0 Å². The first-order valence-corrected chi connectivity index (χ1v) is 8.65. The zero-order valence-electron chi connectivity index (χ0n) is 13.9. The van der Waals surface area contributed by atoms with Crippen molar-refractivity contribution in [2.24, 2.45) is 5.92 Å². The third-order valence-electron chi connectivity index (χ3n) is 3.83. The molecule has 0 aliphatic heterocycles. The van der Waals surface area contributed by atoms with Crippen molar-refractivity contribution in [3.63, 3.8) is 0 Å². The highest BCUT2D eigenvalue weighted by Gasteiger charge is 2.10. The molecular weight excluding hydrogens is 274 g/mol. The van der Waals surface area contributed by atoms with E-state index in [4.69, 9.17) is 0 Å². The molecule has 1 heterocycles. The van der Waals surface area contributed by atoms with Crippen LogP contribution in [-0.2, 0) is 13.0 Å². The number of benzene rings is 1. The molecule has 0 saturated heterocycles. The topological polar surface area (TPSA) is 12.0 Å². The number of hydrogen-bond acceptors (Lipinski definition) is 2. The molecular formula is C19H27NS. The van der Waals surface area contributed by atoms with E-state index in [9.17, 15) is 0 Å². The van der Waals surface area contributed by atoms with Crippen LogP contribution in [0.4, 0.5) is 0 Å². The predicted molar refractivity (Wildman–Crippen MR) is 94.0 cm³/mol. The molecule has 0 aliphatic carbocycles. The normalized spacial score (nSPS) is 12.9. The third kappa shape index (κ3) is 4.69. The molecule has 2 aromatic rings. The summed E-state index contributed by atoms with van der Waals surface area (Å²) < 4.78 is 0. The van der Waals surface area contributed by atoms with Crippen LogP contribution in [0.2, 0.25) is 0 Å². The molecule has 1 aromatic heterocycles. The first-order chi connectivity index (χ1) is 9.95. The molecule has 0 amide bonds. The Hall–Kier alpha value is -1.12. The van der Waals surface area contributed by atoms with Gasteiger partial charge in [-0.2, -0.15) is 0 Å². The van der Waals surface area contributed by atoms with E-state index in [1.165, 1.54) is 26.4 Å². The lowest BCUT2D eigenvalue weighted by Gasteiger charge is -2.14. The monoisotopic (exact) mass is 301 g/mol. The van der Waals surface area contributed by atoms with Crippen LogP contribution < -0.4 is 5.32 Å². The fourth-order valence-electron chi connectivity index (χ4n) is 2.73. The molecule has 0 radical (unpaired) electrons. The largest absolute Gasteiger partial charge is 0.306 e. The summed E-state index contributed by atoms with van der Waals surface area (Å²) in [6, 6.07) is 11.8. The van der Waals surface area contributed by atoms with Gasteiger partial charge in [-0.15, -0.1) is 11.3 Å². The lowest BCUT2D eigenvalue weighted by molar-refractivity contribution is 0.573. The van der Waals surface area contributed by atoms with E-state index in [1.807, 2.05) is 11.3 Å². The Labute approximate surface area is 133 Å². The Morgan fingerprint density at radius 1 is 1.00 bits per heavy atom. The molecule has 114 valence electrons. The van der Waals surface area contributed by atoms with Gasteiger partial charge in [-0.1, -0.05) is 38.1 Å². The first kappa shape index (κ1) is 16.3. The van der Waals surface area contributed by atoms with Crippen LogP contribution in [0.25, 0.3) is 0 Å². The summed E-state index contributed by atoms with van der Waals surface area (Å²) in [5.74, 6) is 0.721. The highest BCUT2D eigenvalue weighted by Crippen LogP contribution is 2.26. The van der Waals surface area contributed by atoms with Gasteiger partial charge in [0.05, 0.1) is 0 Å². The zero-order chi connectivity index (χ0) is 15.4. The number of thiophene rings is 1. The van der Waals surface area contributed by atoms with E-state index in [1.54, 1.807) is 0 Å². The minimum absolute atomic E-state index is 0.408. The lowest BCUT2D eigenvalue weighted by Crippen LogP contribution is -2.18. The Bertz CT molecular complexity index is 566. The maximum absolute atomic E-state index is 3.64. The van der Waals surface area contributed by atoms with Gasteiger partial charge in [0, 0.05) is 22.3 Å². The van der Waals surface area contributed by atoms with Gasteiger partial charge in [0.25, 0.3) is 0 Å². The number of nitrogens with one attached hydrogen (secondary N) is 1. The van der Waals surface area contributed by atoms with Gasteiger partial charge >= 0.3 is 0 Å². The summed E-state index contributed by atoms with van der Waals surface area (Å²) in [4.78, 5) is 2.83. The zero-order valence-corrected chi connectivity index (χ0v) is 14.7. The van der Waals surface area contributed by atoms with E-state index < -0.39 is 0 Å². The summed E-state index contributed by atoms with van der Waals surface area (Å²) in [7, 11) is 0. The van der Waals surface area contributed by atoms with E-state index in [-0.39, 0.29) is 0 Å². The van der Waals surface area contributed by atoms with Crippen LogP contribution >= 0.6 is 11.3 Å². The molecule has 21 heavy (non-hydrogen) atoms. The molecule has 1 atom stereocenters. The van der Waals surface area contributed by atoms with Crippen molar-refractivity contribution in [1.29, 1.82) is 0 Å². The summed E-state index contributed by atoms with van der Waals surface area (Å²) in [6.45, 7) is 12.1. The fraction of sp³-hybridized carbons (Fsp3) is 0.474. The average Bonchev–Trinajstić information content (AvgIpc) is 2.76. The summed E-state index contributed by atoms with van der Waals surface area (Å²) >= 11 is 1.89. The smallest absolute Gasteiger partial charge is 0.0305 e. The maximum atomic E-state index is 3.64. The number of aryl methyl sites for hydroxylation is 2. The minimum atomic E-state index is 0.408. The van der Waals surface area contributed by atoms with Crippen molar-refractivity contribution in [3.8, 4) is 0 Å². The summed E-state index contributed by atoms with van der Waals surface area (Å²) in [6.07, 6.45) is 1.16. The number of rotatable bonds is 6. The van der Waals surface area contributed by atoms with Crippen molar-refractivity contribution in [1.82, 2.24) is 5.32 Å². The van der Waals surface area contributed by atoms with Gasteiger partial charge < -0.3 is 5.32 Å². The Kier molecular flexibility index (Phi) is 5.60. The van der Waals surface area contributed by atoms with Crippen molar-refractivity contribution in [2.45, 2.75) is 53.6 Å². The lowest BCUT2D eigenvalue weighted by atomic mass is 10.0. The third-order valence-corrected chi connectivity index (χ3v) is 4.81. The van der Waals surface area contributed by atoms with Crippen molar-refractivity contribution < 1.29 is 0 Å². The Morgan fingerprint density at radius 2 is 1.62 bits per heavy atom. The van der Waals surface area contributed by atoms with E-state index in [0.29, 0.717) is 6.04 Å².